The molecule has 1 aromatic heterocycles. The fraction of sp³-hybridized carbons (Fsp3) is 0.188. The van der Waals surface area contributed by atoms with E-state index in [1.54, 1.807) is 24.3 Å². The molecule has 2 amide bonds. The second-order valence-corrected chi connectivity index (χ2v) is 4.69. The molecular weight excluding hydrogens is 300 g/mol. The summed E-state index contributed by atoms with van der Waals surface area (Å²) in [5.74, 6) is -0.635. The summed E-state index contributed by atoms with van der Waals surface area (Å²) >= 11 is 0. The number of carbonyl (C=O) groups is 3. The molecule has 23 heavy (non-hydrogen) atoms. The van der Waals surface area contributed by atoms with Crippen LogP contribution in [0.1, 0.15) is 23.0 Å². The standard InChI is InChI=1S/C16H16N2O5/c1-11(19)18-13-6-4-12(5-7-13)16(21)23-10-15(20)17-9-14-3-2-8-22-14/h2-8H,9-10H2,1H3,(H,17,20)(H,18,19). The molecule has 1 heterocycles. The molecule has 120 valence electrons. The highest BCUT2D eigenvalue weighted by Crippen LogP contribution is 2.10. The van der Waals surface area contributed by atoms with E-state index in [-0.39, 0.29) is 24.6 Å². The first kappa shape index (κ1) is 16.3. The van der Waals surface area contributed by atoms with Crippen molar-refractivity contribution in [2.75, 3.05) is 11.9 Å². The first-order valence-electron chi connectivity index (χ1n) is 6.88. The van der Waals surface area contributed by atoms with Gasteiger partial charge in [-0.3, -0.25) is 9.59 Å². The number of hydrogen-bond donors (Lipinski definition) is 2. The van der Waals surface area contributed by atoms with Gasteiger partial charge in [0, 0.05) is 12.6 Å². The molecule has 1 aromatic carbocycles. The molecule has 0 spiro atoms. The van der Waals surface area contributed by atoms with Crippen molar-refractivity contribution in [1.82, 2.24) is 5.32 Å². The van der Waals surface area contributed by atoms with Crippen LogP contribution in [0.15, 0.2) is 47.1 Å². The molecule has 0 aliphatic carbocycles. The van der Waals surface area contributed by atoms with Crippen molar-refractivity contribution >= 4 is 23.5 Å². The smallest absolute Gasteiger partial charge is 0.338 e. The van der Waals surface area contributed by atoms with E-state index in [4.69, 9.17) is 9.15 Å². The van der Waals surface area contributed by atoms with E-state index in [9.17, 15) is 14.4 Å². The van der Waals surface area contributed by atoms with E-state index in [0.717, 1.165) is 0 Å². The normalized spacial score (nSPS) is 9.96. The summed E-state index contributed by atoms with van der Waals surface area (Å²) in [5.41, 5.74) is 0.864. The van der Waals surface area contributed by atoms with Crippen molar-refractivity contribution in [2.45, 2.75) is 13.5 Å². The van der Waals surface area contributed by atoms with Gasteiger partial charge in [-0.25, -0.2) is 4.79 Å². The fourth-order valence-electron chi connectivity index (χ4n) is 1.76. The SMILES string of the molecule is CC(=O)Nc1ccc(C(=O)OCC(=O)NCc2ccco2)cc1. The predicted octanol–water partition coefficient (Wildman–Crippen LogP) is 1.71. The van der Waals surface area contributed by atoms with E-state index in [1.165, 1.54) is 25.3 Å². The molecule has 0 fully saturated rings. The van der Waals surface area contributed by atoms with Gasteiger partial charge in [0.15, 0.2) is 6.61 Å². The van der Waals surface area contributed by atoms with Gasteiger partial charge in [-0.1, -0.05) is 0 Å². The van der Waals surface area contributed by atoms with Crippen LogP contribution < -0.4 is 10.6 Å². The van der Waals surface area contributed by atoms with Crippen LogP contribution in [0.3, 0.4) is 0 Å². The van der Waals surface area contributed by atoms with Gasteiger partial charge < -0.3 is 19.8 Å². The molecule has 2 rings (SSSR count). The Labute approximate surface area is 132 Å². The first-order valence-corrected chi connectivity index (χ1v) is 6.88. The molecule has 7 heteroatoms. The van der Waals surface area contributed by atoms with Crippen LogP contribution in [0.2, 0.25) is 0 Å². The molecule has 0 radical (unpaired) electrons. The molecule has 2 aromatic rings. The van der Waals surface area contributed by atoms with Gasteiger partial charge in [-0.05, 0) is 36.4 Å². The zero-order valence-corrected chi connectivity index (χ0v) is 12.5. The lowest BCUT2D eigenvalue weighted by molar-refractivity contribution is -0.124. The van der Waals surface area contributed by atoms with Crippen molar-refractivity contribution in [3.05, 3.63) is 54.0 Å². The quantitative estimate of drug-likeness (QED) is 0.791. The number of ether oxygens (including phenoxy) is 1. The maximum atomic E-state index is 11.8. The summed E-state index contributed by atoms with van der Waals surface area (Å²) in [5, 5.41) is 5.15. The number of hydrogen-bond acceptors (Lipinski definition) is 5. The van der Waals surface area contributed by atoms with Crippen molar-refractivity contribution < 1.29 is 23.5 Å². The van der Waals surface area contributed by atoms with E-state index in [0.29, 0.717) is 11.4 Å². The molecule has 0 unspecified atom stereocenters. The molecular formula is C16H16N2O5. The van der Waals surface area contributed by atoms with Gasteiger partial charge in [0.1, 0.15) is 5.76 Å². The second kappa shape index (κ2) is 7.79. The van der Waals surface area contributed by atoms with Crippen molar-refractivity contribution in [3.63, 3.8) is 0 Å². The maximum Gasteiger partial charge on any atom is 0.338 e. The van der Waals surface area contributed by atoms with E-state index < -0.39 is 11.9 Å². The van der Waals surface area contributed by atoms with Crippen LogP contribution >= 0.6 is 0 Å². The average molecular weight is 316 g/mol. The molecule has 0 saturated heterocycles. The summed E-state index contributed by atoms with van der Waals surface area (Å²) < 4.78 is 9.98. The highest BCUT2D eigenvalue weighted by Gasteiger charge is 2.10. The van der Waals surface area contributed by atoms with E-state index in [1.807, 2.05) is 0 Å². The number of carbonyl (C=O) groups excluding carboxylic acids is 3. The molecule has 2 N–H and O–H groups in total. The van der Waals surface area contributed by atoms with Crippen molar-refractivity contribution in [1.29, 1.82) is 0 Å². The summed E-state index contributed by atoms with van der Waals surface area (Å²) in [6, 6.07) is 9.61. The largest absolute Gasteiger partial charge is 0.467 e. The molecule has 7 nitrogen and oxygen atoms in total. The number of rotatable bonds is 6. The Morgan fingerprint density at radius 1 is 1.13 bits per heavy atom. The van der Waals surface area contributed by atoms with Gasteiger partial charge >= 0.3 is 5.97 Å². The van der Waals surface area contributed by atoms with Gasteiger partial charge in [-0.2, -0.15) is 0 Å². The summed E-state index contributed by atoms with van der Waals surface area (Å²) in [6.07, 6.45) is 1.51. The topological polar surface area (TPSA) is 97.6 Å². The van der Waals surface area contributed by atoms with Crippen LogP contribution in [0.5, 0.6) is 0 Å². The monoisotopic (exact) mass is 316 g/mol. The van der Waals surface area contributed by atoms with Crippen LogP contribution in [-0.2, 0) is 20.9 Å². The zero-order valence-electron chi connectivity index (χ0n) is 12.5. The average Bonchev–Trinajstić information content (AvgIpc) is 3.04. The Kier molecular flexibility index (Phi) is 5.51. The minimum absolute atomic E-state index is 0.200. The maximum absolute atomic E-state index is 11.8. The third-order valence-corrected chi connectivity index (χ3v) is 2.82. The number of amides is 2. The molecule has 0 atom stereocenters. The summed E-state index contributed by atoms with van der Waals surface area (Å²) in [7, 11) is 0. The second-order valence-electron chi connectivity index (χ2n) is 4.69. The minimum Gasteiger partial charge on any atom is -0.467 e. The van der Waals surface area contributed by atoms with Gasteiger partial charge in [-0.15, -0.1) is 0 Å². The number of furan rings is 1. The number of benzene rings is 1. The number of nitrogens with one attached hydrogen (secondary N) is 2. The van der Waals surface area contributed by atoms with Crippen LogP contribution in [0.25, 0.3) is 0 Å². The Morgan fingerprint density at radius 2 is 1.87 bits per heavy atom. The van der Waals surface area contributed by atoms with Crippen LogP contribution in [0, 0.1) is 0 Å². The van der Waals surface area contributed by atoms with Gasteiger partial charge in [0.05, 0.1) is 18.4 Å². The van der Waals surface area contributed by atoms with Crippen LogP contribution in [0.4, 0.5) is 5.69 Å². The minimum atomic E-state index is -0.618. The highest BCUT2D eigenvalue weighted by molar-refractivity contribution is 5.93. The molecule has 0 aliphatic rings. The van der Waals surface area contributed by atoms with Crippen molar-refractivity contribution in [2.24, 2.45) is 0 Å². The van der Waals surface area contributed by atoms with Gasteiger partial charge in [0.2, 0.25) is 5.91 Å². The molecule has 0 aliphatic heterocycles. The number of anilines is 1. The molecule has 0 bridgehead atoms. The predicted molar refractivity (Wildman–Crippen MR) is 81.6 cm³/mol. The highest BCUT2D eigenvalue weighted by atomic mass is 16.5. The Hall–Kier alpha value is -3.09. The third kappa shape index (κ3) is 5.31. The summed E-state index contributed by atoms with van der Waals surface area (Å²) in [6.45, 7) is 1.24. The Bertz CT molecular complexity index is 677. The Balaban J connectivity index is 1.77. The number of esters is 1. The Morgan fingerprint density at radius 3 is 2.48 bits per heavy atom. The van der Waals surface area contributed by atoms with Crippen LogP contribution in [-0.4, -0.2) is 24.4 Å². The lowest BCUT2D eigenvalue weighted by Crippen LogP contribution is -2.28. The van der Waals surface area contributed by atoms with Crippen molar-refractivity contribution in [3.8, 4) is 0 Å². The fourth-order valence-corrected chi connectivity index (χ4v) is 1.76. The van der Waals surface area contributed by atoms with E-state index >= 15 is 0 Å². The first-order chi connectivity index (χ1) is 11.0. The lowest BCUT2D eigenvalue weighted by Gasteiger charge is -2.06. The lowest BCUT2D eigenvalue weighted by atomic mass is 10.2. The molecule has 0 saturated carbocycles. The van der Waals surface area contributed by atoms with E-state index in [2.05, 4.69) is 10.6 Å². The third-order valence-electron chi connectivity index (χ3n) is 2.82. The summed E-state index contributed by atoms with van der Waals surface area (Å²) in [4.78, 5) is 34.3. The zero-order chi connectivity index (χ0) is 16.7. The van der Waals surface area contributed by atoms with Gasteiger partial charge in [0.25, 0.3) is 5.91 Å².